The molecular formula is C15H23NO3. The monoisotopic (exact) mass is 265 g/mol. The van der Waals surface area contributed by atoms with Gasteiger partial charge < -0.3 is 9.47 Å². The number of ketones is 1. The SMILES string of the molecule is CCCC(OCC)C(=O)c1cncc(OC(C)C)c1. The van der Waals surface area contributed by atoms with Crippen LogP contribution >= 0.6 is 0 Å². The predicted octanol–water partition coefficient (Wildman–Crippen LogP) is 3.26. The minimum absolute atomic E-state index is 0.0228. The van der Waals surface area contributed by atoms with Crippen LogP contribution in [0.5, 0.6) is 5.75 Å². The molecule has 0 aromatic carbocycles. The number of Topliss-reactive ketones (excluding diaryl/α,β-unsaturated/α-hetero) is 1. The highest BCUT2D eigenvalue weighted by molar-refractivity contribution is 5.99. The smallest absolute Gasteiger partial charge is 0.193 e. The topological polar surface area (TPSA) is 48.4 Å². The molecule has 0 fully saturated rings. The molecule has 1 heterocycles. The first-order valence-corrected chi connectivity index (χ1v) is 6.86. The summed E-state index contributed by atoms with van der Waals surface area (Å²) in [4.78, 5) is 16.4. The Hall–Kier alpha value is -1.42. The number of carbonyl (C=O) groups is 1. The first-order valence-electron chi connectivity index (χ1n) is 6.86. The van der Waals surface area contributed by atoms with E-state index < -0.39 is 0 Å². The molecule has 0 aliphatic heterocycles. The largest absolute Gasteiger partial charge is 0.489 e. The van der Waals surface area contributed by atoms with Gasteiger partial charge in [-0.1, -0.05) is 13.3 Å². The van der Waals surface area contributed by atoms with Gasteiger partial charge in [0.25, 0.3) is 0 Å². The van der Waals surface area contributed by atoms with Crippen molar-refractivity contribution in [2.24, 2.45) is 0 Å². The molecule has 0 bridgehead atoms. The molecule has 0 amide bonds. The standard InChI is InChI=1S/C15H23NO3/c1-5-7-14(18-6-2)15(17)12-8-13(10-16-9-12)19-11(3)4/h8-11,14H,5-7H2,1-4H3. The fourth-order valence-corrected chi connectivity index (χ4v) is 1.83. The molecule has 1 aromatic rings. The van der Waals surface area contributed by atoms with Gasteiger partial charge in [0.1, 0.15) is 11.9 Å². The molecule has 0 saturated carbocycles. The lowest BCUT2D eigenvalue weighted by Crippen LogP contribution is -2.24. The summed E-state index contributed by atoms with van der Waals surface area (Å²) in [5.41, 5.74) is 0.546. The molecule has 106 valence electrons. The van der Waals surface area contributed by atoms with Gasteiger partial charge in [-0.25, -0.2) is 0 Å². The molecule has 1 unspecified atom stereocenters. The van der Waals surface area contributed by atoms with Crippen LogP contribution in [0.2, 0.25) is 0 Å². The van der Waals surface area contributed by atoms with Crippen LogP contribution in [0.15, 0.2) is 18.5 Å². The van der Waals surface area contributed by atoms with Gasteiger partial charge >= 0.3 is 0 Å². The van der Waals surface area contributed by atoms with Crippen molar-refractivity contribution >= 4 is 5.78 Å². The summed E-state index contributed by atoms with van der Waals surface area (Å²) in [5, 5.41) is 0. The van der Waals surface area contributed by atoms with Crippen LogP contribution < -0.4 is 4.74 Å². The Bertz CT molecular complexity index is 398. The van der Waals surface area contributed by atoms with E-state index in [0.717, 1.165) is 12.8 Å². The highest BCUT2D eigenvalue weighted by Crippen LogP contribution is 2.17. The van der Waals surface area contributed by atoms with Crippen molar-refractivity contribution in [1.82, 2.24) is 4.98 Å². The minimum Gasteiger partial charge on any atom is -0.489 e. The van der Waals surface area contributed by atoms with Crippen LogP contribution in [0.1, 0.15) is 50.9 Å². The number of carbonyl (C=O) groups excluding carboxylic acids is 1. The number of hydrogen-bond donors (Lipinski definition) is 0. The number of aromatic nitrogens is 1. The molecule has 0 aliphatic rings. The summed E-state index contributed by atoms with van der Waals surface area (Å²) < 4.78 is 11.1. The maximum atomic E-state index is 12.3. The second-order valence-electron chi connectivity index (χ2n) is 4.67. The van der Waals surface area contributed by atoms with Gasteiger partial charge in [0.15, 0.2) is 5.78 Å². The number of ether oxygens (including phenoxy) is 2. The molecule has 1 atom stereocenters. The minimum atomic E-state index is -0.383. The summed E-state index contributed by atoms with van der Waals surface area (Å²) in [6.07, 6.45) is 4.49. The molecule has 0 radical (unpaired) electrons. The van der Waals surface area contributed by atoms with Crippen molar-refractivity contribution in [3.05, 3.63) is 24.0 Å². The van der Waals surface area contributed by atoms with Crippen molar-refractivity contribution in [3.8, 4) is 5.75 Å². The van der Waals surface area contributed by atoms with Crippen molar-refractivity contribution in [1.29, 1.82) is 0 Å². The van der Waals surface area contributed by atoms with Crippen LogP contribution in [0, 0.1) is 0 Å². The van der Waals surface area contributed by atoms with Gasteiger partial charge in [-0.3, -0.25) is 9.78 Å². The zero-order chi connectivity index (χ0) is 14.3. The highest BCUT2D eigenvalue weighted by atomic mass is 16.5. The summed E-state index contributed by atoms with van der Waals surface area (Å²) in [6.45, 7) is 8.34. The third-order valence-corrected chi connectivity index (χ3v) is 2.58. The average Bonchev–Trinajstić information content (AvgIpc) is 2.37. The quantitative estimate of drug-likeness (QED) is 0.677. The average molecular weight is 265 g/mol. The summed E-state index contributed by atoms with van der Waals surface area (Å²) >= 11 is 0. The van der Waals surface area contributed by atoms with Gasteiger partial charge in [0.2, 0.25) is 0 Å². The first kappa shape index (κ1) is 15.6. The predicted molar refractivity (Wildman–Crippen MR) is 74.7 cm³/mol. The molecule has 0 aliphatic carbocycles. The van der Waals surface area contributed by atoms with Gasteiger partial charge in [-0.2, -0.15) is 0 Å². The molecule has 4 nitrogen and oxygen atoms in total. The molecule has 1 rings (SSSR count). The van der Waals surface area contributed by atoms with E-state index >= 15 is 0 Å². The highest BCUT2D eigenvalue weighted by Gasteiger charge is 2.20. The van der Waals surface area contributed by atoms with Crippen molar-refractivity contribution < 1.29 is 14.3 Å². The van der Waals surface area contributed by atoms with E-state index in [1.165, 1.54) is 0 Å². The zero-order valence-electron chi connectivity index (χ0n) is 12.2. The number of nitrogens with zero attached hydrogens (tertiary/aromatic N) is 1. The summed E-state index contributed by atoms with van der Waals surface area (Å²) in [7, 11) is 0. The van der Waals surface area contributed by atoms with E-state index in [9.17, 15) is 4.79 Å². The number of rotatable bonds is 8. The maximum absolute atomic E-state index is 12.3. The Morgan fingerprint density at radius 2 is 2.05 bits per heavy atom. The lowest BCUT2D eigenvalue weighted by Gasteiger charge is -2.15. The Morgan fingerprint density at radius 1 is 1.32 bits per heavy atom. The van der Waals surface area contributed by atoms with Gasteiger partial charge in [-0.15, -0.1) is 0 Å². The third kappa shape index (κ3) is 4.99. The number of pyridine rings is 1. The van der Waals surface area contributed by atoms with Crippen LogP contribution in [-0.4, -0.2) is 29.6 Å². The first-order chi connectivity index (χ1) is 9.08. The van der Waals surface area contributed by atoms with E-state index in [4.69, 9.17) is 9.47 Å². The molecule has 0 spiro atoms. The lowest BCUT2D eigenvalue weighted by atomic mass is 10.0. The normalized spacial score (nSPS) is 12.5. The van der Waals surface area contributed by atoms with Gasteiger partial charge in [0.05, 0.1) is 12.3 Å². The molecule has 4 heteroatoms. The van der Waals surface area contributed by atoms with E-state index in [1.807, 2.05) is 27.7 Å². The molecule has 1 aromatic heterocycles. The molecular weight excluding hydrogens is 242 g/mol. The third-order valence-electron chi connectivity index (χ3n) is 2.58. The summed E-state index contributed by atoms with van der Waals surface area (Å²) in [5.74, 6) is 0.595. The number of hydrogen-bond acceptors (Lipinski definition) is 4. The zero-order valence-corrected chi connectivity index (χ0v) is 12.2. The van der Waals surface area contributed by atoms with Crippen molar-refractivity contribution in [2.45, 2.75) is 52.7 Å². The fourth-order valence-electron chi connectivity index (χ4n) is 1.83. The Kier molecular flexibility index (Phi) is 6.50. The van der Waals surface area contributed by atoms with Crippen LogP contribution in [0.4, 0.5) is 0 Å². The van der Waals surface area contributed by atoms with Gasteiger partial charge in [-0.05, 0) is 33.3 Å². The van der Waals surface area contributed by atoms with Crippen molar-refractivity contribution in [3.63, 3.8) is 0 Å². The van der Waals surface area contributed by atoms with E-state index in [-0.39, 0.29) is 18.0 Å². The van der Waals surface area contributed by atoms with Crippen LogP contribution in [0.3, 0.4) is 0 Å². The van der Waals surface area contributed by atoms with E-state index in [0.29, 0.717) is 17.9 Å². The van der Waals surface area contributed by atoms with Crippen LogP contribution in [0.25, 0.3) is 0 Å². The van der Waals surface area contributed by atoms with E-state index in [1.54, 1.807) is 18.5 Å². The Labute approximate surface area is 115 Å². The fraction of sp³-hybridized carbons (Fsp3) is 0.600. The Morgan fingerprint density at radius 3 is 2.63 bits per heavy atom. The lowest BCUT2D eigenvalue weighted by molar-refractivity contribution is 0.0422. The second kappa shape index (κ2) is 7.89. The second-order valence-corrected chi connectivity index (χ2v) is 4.67. The molecule has 0 saturated heterocycles. The van der Waals surface area contributed by atoms with Gasteiger partial charge in [0, 0.05) is 18.4 Å². The Balaban J connectivity index is 2.84. The summed E-state index contributed by atoms with van der Waals surface area (Å²) in [6, 6.07) is 1.73. The van der Waals surface area contributed by atoms with Crippen LogP contribution in [-0.2, 0) is 4.74 Å². The maximum Gasteiger partial charge on any atom is 0.193 e. The molecule has 0 N–H and O–H groups in total. The molecule has 19 heavy (non-hydrogen) atoms. The van der Waals surface area contributed by atoms with Crippen molar-refractivity contribution in [2.75, 3.05) is 6.61 Å². The van der Waals surface area contributed by atoms with E-state index in [2.05, 4.69) is 4.98 Å².